The van der Waals surface area contributed by atoms with Gasteiger partial charge in [-0.3, -0.25) is 9.53 Å². The molecule has 1 unspecified atom stereocenters. The number of carbonyl (C=O) groups is 1. The van der Waals surface area contributed by atoms with Gasteiger partial charge in [0.05, 0.1) is 5.56 Å². The van der Waals surface area contributed by atoms with Crippen molar-refractivity contribution in [3.05, 3.63) is 46.5 Å². The van der Waals surface area contributed by atoms with E-state index < -0.39 is 24.3 Å². The Kier molecular flexibility index (Phi) is 7.48. The summed E-state index contributed by atoms with van der Waals surface area (Å²) in [7, 11) is 0. The molecule has 11 heteroatoms. The largest absolute Gasteiger partial charge is 0.524 e. The van der Waals surface area contributed by atoms with E-state index in [1.54, 1.807) is 13.0 Å². The number of anilines is 1. The van der Waals surface area contributed by atoms with E-state index in [0.29, 0.717) is 29.1 Å². The van der Waals surface area contributed by atoms with Crippen LogP contribution in [0.15, 0.2) is 23.1 Å². The van der Waals surface area contributed by atoms with Gasteiger partial charge in [0.2, 0.25) is 0 Å². The van der Waals surface area contributed by atoms with Gasteiger partial charge in [0.25, 0.3) is 5.91 Å². The zero-order valence-electron chi connectivity index (χ0n) is 17.5. The minimum Gasteiger partial charge on any atom is -0.339 e. The van der Waals surface area contributed by atoms with Gasteiger partial charge in [-0.1, -0.05) is 6.42 Å². The minimum atomic E-state index is -4.76. The number of rotatable bonds is 6. The van der Waals surface area contributed by atoms with Gasteiger partial charge < -0.3 is 9.88 Å². The monoisotopic (exact) mass is 470 g/mol. The molecule has 32 heavy (non-hydrogen) atoms. The lowest BCUT2D eigenvalue weighted by Gasteiger charge is -2.16. The predicted octanol–water partition coefficient (Wildman–Crippen LogP) is 5.27. The summed E-state index contributed by atoms with van der Waals surface area (Å²) in [5.41, 5.74) is 1.97. The summed E-state index contributed by atoms with van der Waals surface area (Å²) < 4.78 is 59.5. The van der Waals surface area contributed by atoms with Crippen molar-refractivity contribution in [3.8, 4) is 6.07 Å². The molecule has 0 aliphatic carbocycles. The van der Waals surface area contributed by atoms with E-state index in [9.17, 15) is 22.4 Å². The van der Waals surface area contributed by atoms with Crippen LogP contribution < -0.4 is 10.0 Å². The van der Waals surface area contributed by atoms with E-state index in [4.69, 9.17) is 5.26 Å². The quantitative estimate of drug-likeness (QED) is 0.342. The molecule has 0 bridgehead atoms. The average Bonchev–Trinajstić information content (AvgIpc) is 2.83. The number of benzene rings is 1. The van der Waals surface area contributed by atoms with Crippen molar-refractivity contribution in [2.45, 2.75) is 63.6 Å². The topological polar surface area (TPSA) is 79.1 Å². The molecule has 1 aliphatic rings. The third-order valence-corrected chi connectivity index (χ3v) is 6.24. The van der Waals surface area contributed by atoms with Crippen LogP contribution in [0.3, 0.4) is 0 Å². The molecule has 1 aliphatic heterocycles. The second kappa shape index (κ2) is 9.94. The third-order valence-electron chi connectivity index (χ3n) is 5.05. The Morgan fingerprint density at radius 1 is 1.31 bits per heavy atom. The number of halogens is 4. The first-order valence-electron chi connectivity index (χ1n) is 10.0. The summed E-state index contributed by atoms with van der Waals surface area (Å²) in [6, 6.07) is 5.45. The van der Waals surface area contributed by atoms with Gasteiger partial charge >= 0.3 is 6.36 Å². The fraction of sp³-hybridized carbons (Fsp3) is 0.429. The fourth-order valence-electron chi connectivity index (χ4n) is 3.69. The molecule has 0 radical (unpaired) electrons. The van der Waals surface area contributed by atoms with Gasteiger partial charge in [-0.25, -0.2) is 9.11 Å². The number of ether oxygens (including phenoxy) is 1. The van der Waals surface area contributed by atoms with Crippen molar-refractivity contribution < 1.29 is 27.1 Å². The van der Waals surface area contributed by atoms with E-state index in [1.165, 1.54) is 19.1 Å². The lowest BCUT2D eigenvalue weighted by Crippen LogP contribution is -2.30. The van der Waals surface area contributed by atoms with E-state index in [1.807, 2.05) is 4.57 Å². The second-order valence-corrected chi connectivity index (χ2v) is 8.25. The Bertz CT molecular complexity index is 1050. The molecule has 2 N–H and O–H groups in total. The van der Waals surface area contributed by atoms with Crippen LogP contribution in [0, 0.1) is 24.1 Å². The molecular weight excluding hydrogens is 448 g/mol. The fourth-order valence-corrected chi connectivity index (χ4v) is 4.60. The number of fused-ring (bicyclic) bond motifs is 1. The Morgan fingerprint density at radius 2 is 2.06 bits per heavy atom. The highest BCUT2D eigenvalue weighted by Crippen LogP contribution is 2.35. The zero-order chi connectivity index (χ0) is 23.5. The van der Waals surface area contributed by atoms with Crippen LogP contribution in [-0.4, -0.2) is 23.1 Å². The molecule has 2 heterocycles. The number of hydrogen-bond acceptors (Lipinski definition) is 5. The van der Waals surface area contributed by atoms with Crippen LogP contribution in [0.1, 0.15) is 53.5 Å². The molecule has 3 rings (SSSR count). The highest BCUT2D eigenvalue weighted by atomic mass is 32.2. The lowest BCUT2D eigenvalue weighted by molar-refractivity contribution is -0.341. The molecule has 0 saturated carbocycles. The summed E-state index contributed by atoms with van der Waals surface area (Å²) in [6.45, 7) is 3.58. The molecule has 1 aromatic heterocycles. The summed E-state index contributed by atoms with van der Waals surface area (Å²) >= 11 is 1.00. The molecular formula is C21H22F4N4O2S. The van der Waals surface area contributed by atoms with Crippen molar-refractivity contribution in [1.29, 1.82) is 5.26 Å². The molecule has 1 aromatic carbocycles. The third kappa shape index (κ3) is 5.62. The SMILES string of the molecule is Cc1c(SNC(C)OC(F)(F)F)c2n(c1C(=O)Nc1ccc(F)c(C#N)c1)CCCCC2. The van der Waals surface area contributed by atoms with Gasteiger partial charge in [0, 0.05) is 22.8 Å². The van der Waals surface area contributed by atoms with Crippen molar-refractivity contribution in [1.82, 2.24) is 9.29 Å². The standard InChI is InChI=1S/C21H22F4N4O2S/c1-12-18(20(30)27-15-7-8-16(22)14(10-15)11-26)29-9-5-3-4-6-17(29)19(12)32-28-13(2)31-21(23,24)25/h7-8,10,13,28H,3-6,9H2,1-2H3,(H,27,30). The van der Waals surface area contributed by atoms with Crippen molar-refractivity contribution in [2.75, 3.05) is 5.32 Å². The molecule has 172 valence electrons. The van der Waals surface area contributed by atoms with Crippen molar-refractivity contribution in [3.63, 3.8) is 0 Å². The van der Waals surface area contributed by atoms with E-state index in [2.05, 4.69) is 14.8 Å². The first-order chi connectivity index (χ1) is 15.1. The van der Waals surface area contributed by atoms with Gasteiger partial charge in [0.1, 0.15) is 23.8 Å². The van der Waals surface area contributed by atoms with Crippen LogP contribution in [0.5, 0.6) is 0 Å². The Labute approximate surface area is 187 Å². The number of amides is 1. The smallest absolute Gasteiger partial charge is 0.339 e. The van der Waals surface area contributed by atoms with E-state index in [-0.39, 0.29) is 11.3 Å². The van der Waals surface area contributed by atoms with Crippen LogP contribution >= 0.6 is 11.9 Å². The molecule has 0 spiro atoms. The second-order valence-electron chi connectivity index (χ2n) is 7.40. The highest BCUT2D eigenvalue weighted by molar-refractivity contribution is 7.97. The average molecular weight is 470 g/mol. The van der Waals surface area contributed by atoms with Crippen molar-refractivity contribution in [2.24, 2.45) is 0 Å². The van der Waals surface area contributed by atoms with Crippen LogP contribution in [0.2, 0.25) is 0 Å². The molecule has 6 nitrogen and oxygen atoms in total. The maximum Gasteiger partial charge on any atom is 0.524 e. The highest BCUT2D eigenvalue weighted by Gasteiger charge is 2.32. The first-order valence-corrected chi connectivity index (χ1v) is 10.8. The minimum absolute atomic E-state index is 0.187. The Hall–Kier alpha value is -2.55. The van der Waals surface area contributed by atoms with E-state index >= 15 is 0 Å². The maximum absolute atomic E-state index is 13.6. The van der Waals surface area contributed by atoms with Gasteiger partial charge in [-0.15, -0.1) is 13.2 Å². The Morgan fingerprint density at radius 3 is 2.75 bits per heavy atom. The molecule has 0 saturated heterocycles. The molecule has 1 atom stereocenters. The van der Waals surface area contributed by atoms with Gasteiger partial charge in [0.15, 0.2) is 0 Å². The van der Waals surface area contributed by atoms with E-state index in [0.717, 1.165) is 43.0 Å². The maximum atomic E-state index is 13.6. The number of nitriles is 1. The molecule has 0 fully saturated rings. The molecule has 2 aromatic rings. The van der Waals surface area contributed by atoms with Crippen LogP contribution in [-0.2, 0) is 17.7 Å². The van der Waals surface area contributed by atoms with Crippen LogP contribution in [0.4, 0.5) is 23.2 Å². The summed E-state index contributed by atoms with van der Waals surface area (Å²) in [5, 5.41) is 11.7. The lowest BCUT2D eigenvalue weighted by atomic mass is 10.1. The number of aromatic nitrogens is 1. The van der Waals surface area contributed by atoms with Crippen LogP contribution in [0.25, 0.3) is 0 Å². The normalized spacial score (nSPS) is 14.9. The summed E-state index contributed by atoms with van der Waals surface area (Å²) in [4.78, 5) is 13.8. The number of hydrogen-bond donors (Lipinski definition) is 2. The first kappa shape index (κ1) is 24.1. The van der Waals surface area contributed by atoms with Gasteiger partial charge in [-0.05, 0) is 68.8 Å². The predicted molar refractivity (Wildman–Crippen MR) is 111 cm³/mol. The number of alkyl halides is 3. The zero-order valence-corrected chi connectivity index (χ0v) is 18.3. The molecule has 1 amide bonds. The summed E-state index contributed by atoms with van der Waals surface area (Å²) in [6.07, 6.45) is -2.64. The Balaban J connectivity index is 1.89. The summed E-state index contributed by atoms with van der Waals surface area (Å²) in [5.74, 6) is -1.12. The number of nitrogens with one attached hydrogen (secondary N) is 2. The number of carbonyl (C=O) groups excluding carboxylic acids is 1. The number of nitrogens with zero attached hydrogens (tertiary/aromatic N) is 2. The van der Waals surface area contributed by atoms with Gasteiger partial charge in [-0.2, -0.15) is 5.26 Å². The van der Waals surface area contributed by atoms with Crippen molar-refractivity contribution >= 4 is 23.5 Å².